The Bertz CT molecular complexity index is 250. The minimum atomic E-state index is 0.622. The summed E-state index contributed by atoms with van der Waals surface area (Å²) in [6, 6.07) is 0. The Labute approximate surface area is 93.2 Å². The molecule has 0 bridgehead atoms. The number of hydrogen-bond donors (Lipinski definition) is 0. The van der Waals surface area contributed by atoms with Gasteiger partial charge in [-0.3, -0.25) is 4.99 Å². The van der Waals surface area contributed by atoms with Gasteiger partial charge in [-0.2, -0.15) is 0 Å². The lowest BCUT2D eigenvalue weighted by Crippen LogP contribution is -2.36. The smallest absolute Gasteiger partial charge is 0.195 e. The van der Waals surface area contributed by atoms with Gasteiger partial charge in [0.1, 0.15) is 0 Å². The molecule has 15 heavy (non-hydrogen) atoms. The lowest BCUT2D eigenvalue weighted by Gasteiger charge is -2.23. The first-order valence-electron chi connectivity index (χ1n) is 5.94. The van der Waals surface area contributed by atoms with E-state index in [9.17, 15) is 0 Å². The van der Waals surface area contributed by atoms with Crippen molar-refractivity contribution in [3.05, 3.63) is 0 Å². The van der Waals surface area contributed by atoms with Gasteiger partial charge in [0.15, 0.2) is 5.96 Å². The van der Waals surface area contributed by atoms with Crippen LogP contribution < -0.4 is 0 Å². The fourth-order valence-electron chi connectivity index (χ4n) is 2.46. The van der Waals surface area contributed by atoms with Crippen LogP contribution in [0.3, 0.4) is 0 Å². The van der Waals surface area contributed by atoms with Crippen LogP contribution in [-0.2, 0) is 0 Å². The van der Waals surface area contributed by atoms with Crippen LogP contribution in [0.4, 0.5) is 0 Å². The second-order valence-corrected chi connectivity index (χ2v) is 5.54. The molecule has 2 fully saturated rings. The van der Waals surface area contributed by atoms with E-state index in [1.165, 1.54) is 25.7 Å². The van der Waals surface area contributed by atoms with Crippen molar-refractivity contribution in [2.45, 2.75) is 25.7 Å². The zero-order valence-electron chi connectivity index (χ0n) is 10.5. The molecule has 0 aliphatic heterocycles. The zero-order valence-corrected chi connectivity index (χ0v) is 10.5. The number of aliphatic imine (C=N–C) groups is 1. The first-order chi connectivity index (χ1) is 7.05. The van der Waals surface area contributed by atoms with Gasteiger partial charge in [-0.05, 0) is 37.0 Å². The Morgan fingerprint density at radius 3 is 2.00 bits per heavy atom. The van der Waals surface area contributed by atoms with Crippen molar-refractivity contribution in [2.24, 2.45) is 16.3 Å². The maximum Gasteiger partial charge on any atom is 0.195 e. The first kappa shape index (κ1) is 10.8. The molecule has 2 rings (SSSR count). The number of rotatable bonds is 3. The van der Waals surface area contributed by atoms with Gasteiger partial charge in [0.05, 0.1) is 0 Å². The van der Waals surface area contributed by atoms with E-state index in [-0.39, 0.29) is 0 Å². The normalized spacial score (nSPS) is 22.1. The zero-order chi connectivity index (χ0) is 11.1. The minimum absolute atomic E-state index is 0.622. The van der Waals surface area contributed by atoms with Gasteiger partial charge >= 0.3 is 0 Å². The Morgan fingerprint density at radius 1 is 1.13 bits per heavy atom. The molecule has 0 aromatic carbocycles. The minimum Gasteiger partial charge on any atom is -0.349 e. The molecule has 3 nitrogen and oxygen atoms in total. The molecule has 86 valence electrons. The van der Waals surface area contributed by atoms with Crippen molar-refractivity contribution in [1.29, 1.82) is 0 Å². The number of guanidine groups is 1. The quantitative estimate of drug-likeness (QED) is 0.520. The third kappa shape index (κ3) is 2.27. The summed E-state index contributed by atoms with van der Waals surface area (Å²) in [7, 11) is 8.26. The van der Waals surface area contributed by atoms with E-state index in [1.54, 1.807) is 0 Å². The highest BCUT2D eigenvalue weighted by atomic mass is 15.3. The largest absolute Gasteiger partial charge is 0.349 e. The molecule has 0 spiro atoms. The molecule has 0 aromatic heterocycles. The third-order valence-corrected chi connectivity index (χ3v) is 3.67. The van der Waals surface area contributed by atoms with Crippen molar-refractivity contribution >= 4 is 5.96 Å². The van der Waals surface area contributed by atoms with E-state index < -0.39 is 0 Å². The van der Waals surface area contributed by atoms with Crippen LogP contribution in [0.15, 0.2) is 4.99 Å². The number of nitrogens with zero attached hydrogens (tertiary/aromatic N) is 3. The van der Waals surface area contributed by atoms with E-state index in [2.05, 4.69) is 38.0 Å². The highest BCUT2D eigenvalue weighted by Crippen LogP contribution is 2.61. The average Bonchev–Trinajstić information content (AvgIpc) is 2.99. The molecule has 2 aliphatic rings. The lowest BCUT2D eigenvalue weighted by atomic mass is 10.0. The van der Waals surface area contributed by atoms with Gasteiger partial charge in [-0.25, -0.2) is 0 Å². The Balaban J connectivity index is 1.96. The van der Waals surface area contributed by atoms with E-state index >= 15 is 0 Å². The van der Waals surface area contributed by atoms with Crippen molar-refractivity contribution in [2.75, 3.05) is 34.7 Å². The second-order valence-electron chi connectivity index (χ2n) is 5.54. The summed E-state index contributed by atoms with van der Waals surface area (Å²) >= 11 is 0. The lowest BCUT2D eigenvalue weighted by molar-refractivity contribution is 0.432. The van der Waals surface area contributed by atoms with Crippen LogP contribution in [-0.4, -0.2) is 50.5 Å². The van der Waals surface area contributed by atoms with Gasteiger partial charge in [-0.1, -0.05) is 0 Å². The Hall–Kier alpha value is -0.730. The molecule has 2 aliphatic carbocycles. The highest BCUT2D eigenvalue weighted by Gasteiger charge is 2.53. The van der Waals surface area contributed by atoms with Crippen LogP contribution in [0.25, 0.3) is 0 Å². The maximum absolute atomic E-state index is 4.79. The monoisotopic (exact) mass is 209 g/mol. The molecular formula is C12H23N3. The molecule has 3 heteroatoms. The summed E-state index contributed by atoms with van der Waals surface area (Å²) in [6.45, 7) is 1.04. The SMILES string of the molecule is CN(C)C(=NCC1(C2CC2)CC1)N(C)C. The summed E-state index contributed by atoms with van der Waals surface area (Å²) in [5.41, 5.74) is 0.622. The average molecular weight is 209 g/mol. The van der Waals surface area contributed by atoms with E-state index in [4.69, 9.17) is 4.99 Å². The molecular weight excluding hydrogens is 186 g/mol. The summed E-state index contributed by atoms with van der Waals surface area (Å²) < 4.78 is 0. The summed E-state index contributed by atoms with van der Waals surface area (Å²) in [5.74, 6) is 2.11. The highest BCUT2D eigenvalue weighted by molar-refractivity contribution is 5.79. The van der Waals surface area contributed by atoms with Crippen molar-refractivity contribution in [3.63, 3.8) is 0 Å². The molecule has 2 saturated carbocycles. The Kier molecular flexibility index (Phi) is 2.65. The van der Waals surface area contributed by atoms with E-state index in [0.29, 0.717) is 5.41 Å². The summed E-state index contributed by atoms with van der Waals surface area (Å²) in [6.07, 6.45) is 5.73. The van der Waals surface area contributed by atoms with Gasteiger partial charge < -0.3 is 9.80 Å². The predicted molar refractivity (Wildman–Crippen MR) is 64.1 cm³/mol. The maximum atomic E-state index is 4.79. The van der Waals surface area contributed by atoms with Crippen molar-refractivity contribution in [3.8, 4) is 0 Å². The molecule has 0 atom stereocenters. The van der Waals surface area contributed by atoms with Crippen molar-refractivity contribution in [1.82, 2.24) is 9.80 Å². The van der Waals surface area contributed by atoms with Crippen LogP contribution in [0.1, 0.15) is 25.7 Å². The summed E-state index contributed by atoms with van der Waals surface area (Å²) in [5, 5.41) is 0. The standard InChI is InChI=1S/C12H23N3/c1-14(2)11(15(3)4)13-9-12(7-8-12)10-5-6-10/h10H,5-9H2,1-4H3. The third-order valence-electron chi connectivity index (χ3n) is 3.67. The van der Waals surface area contributed by atoms with E-state index in [0.717, 1.165) is 18.4 Å². The van der Waals surface area contributed by atoms with Crippen LogP contribution in [0.2, 0.25) is 0 Å². The van der Waals surface area contributed by atoms with Crippen LogP contribution in [0, 0.1) is 11.3 Å². The fourth-order valence-corrected chi connectivity index (χ4v) is 2.46. The molecule has 0 radical (unpaired) electrons. The van der Waals surface area contributed by atoms with Gasteiger partial charge in [0, 0.05) is 34.7 Å². The fraction of sp³-hybridized carbons (Fsp3) is 0.917. The van der Waals surface area contributed by atoms with Gasteiger partial charge in [0.25, 0.3) is 0 Å². The van der Waals surface area contributed by atoms with Crippen LogP contribution in [0.5, 0.6) is 0 Å². The molecule has 0 heterocycles. The second kappa shape index (κ2) is 3.69. The molecule has 0 amide bonds. The molecule has 0 N–H and O–H groups in total. The molecule has 0 aromatic rings. The number of hydrogen-bond acceptors (Lipinski definition) is 1. The van der Waals surface area contributed by atoms with Crippen molar-refractivity contribution < 1.29 is 0 Å². The first-order valence-corrected chi connectivity index (χ1v) is 5.94. The van der Waals surface area contributed by atoms with Gasteiger partial charge in [-0.15, -0.1) is 0 Å². The summed E-state index contributed by atoms with van der Waals surface area (Å²) in [4.78, 5) is 8.99. The van der Waals surface area contributed by atoms with Gasteiger partial charge in [0.2, 0.25) is 0 Å². The molecule has 0 unspecified atom stereocenters. The predicted octanol–water partition coefficient (Wildman–Crippen LogP) is 1.66. The molecule has 0 saturated heterocycles. The topological polar surface area (TPSA) is 18.8 Å². The van der Waals surface area contributed by atoms with E-state index in [1.807, 2.05) is 0 Å². The van der Waals surface area contributed by atoms with Crippen LogP contribution >= 0.6 is 0 Å². The Morgan fingerprint density at radius 2 is 1.67 bits per heavy atom.